The zero-order chi connectivity index (χ0) is 13.6. The molecule has 0 radical (unpaired) electrons. The van der Waals surface area contributed by atoms with Gasteiger partial charge >= 0.3 is 0 Å². The zero-order valence-electron chi connectivity index (χ0n) is 12.4. The molecule has 0 aromatic carbocycles. The van der Waals surface area contributed by atoms with E-state index in [-0.39, 0.29) is 5.41 Å². The van der Waals surface area contributed by atoms with Gasteiger partial charge in [-0.05, 0) is 25.2 Å². The smallest absolute Gasteiger partial charge is 0.138 e. The Labute approximate surface area is 115 Å². The highest BCUT2D eigenvalue weighted by Gasteiger charge is 2.38. The average molecular weight is 260 g/mol. The van der Waals surface area contributed by atoms with E-state index in [1.807, 2.05) is 7.05 Å². The van der Waals surface area contributed by atoms with Gasteiger partial charge in [0.15, 0.2) is 0 Å². The summed E-state index contributed by atoms with van der Waals surface area (Å²) < 4.78 is 0. The molecule has 1 N–H and O–H groups in total. The van der Waals surface area contributed by atoms with E-state index >= 15 is 0 Å². The van der Waals surface area contributed by atoms with Crippen LogP contribution < -0.4 is 10.2 Å². The zero-order valence-corrected chi connectivity index (χ0v) is 12.4. The first kappa shape index (κ1) is 12.7. The van der Waals surface area contributed by atoms with Gasteiger partial charge in [-0.25, -0.2) is 9.97 Å². The summed E-state index contributed by atoms with van der Waals surface area (Å²) in [5, 5.41) is 3.17. The molecule has 2 heterocycles. The Kier molecular flexibility index (Phi) is 2.91. The van der Waals surface area contributed by atoms with E-state index in [1.54, 1.807) is 0 Å². The van der Waals surface area contributed by atoms with E-state index in [0.29, 0.717) is 6.04 Å². The van der Waals surface area contributed by atoms with Crippen molar-refractivity contribution < 1.29 is 0 Å². The molecule has 1 aromatic heterocycles. The minimum Gasteiger partial charge on any atom is -0.373 e. The summed E-state index contributed by atoms with van der Waals surface area (Å²) in [5.74, 6) is 3.85. The number of nitrogens with one attached hydrogen (secondary N) is 1. The highest BCUT2D eigenvalue weighted by Crippen LogP contribution is 2.40. The summed E-state index contributed by atoms with van der Waals surface area (Å²) in [6, 6.07) is 2.80. The van der Waals surface area contributed by atoms with Crippen LogP contribution in [0.1, 0.15) is 45.9 Å². The fourth-order valence-corrected chi connectivity index (χ4v) is 3.25. The van der Waals surface area contributed by atoms with Crippen molar-refractivity contribution >= 4 is 11.6 Å². The molecule has 1 aliphatic carbocycles. The standard InChI is InChI=1S/C15H24N4/c1-15(2,3)14-17-12(16-4)8-13(18-14)19-9-10-5-6-11(19)7-10/h8,10-11H,5-7,9H2,1-4H3,(H,16,17,18). The van der Waals surface area contributed by atoms with Crippen LogP contribution in [0.5, 0.6) is 0 Å². The Balaban J connectivity index is 1.97. The molecule has 0 spiro atoms. The van der Waals surface area contributed by atoms with Gasteiger partial charge in [0.25, 0.3) is 0 Å². The largest absolute Gasteiger partial charge is 0.373 e. The minimum atomic E-state index is -0.0135. The highest BCUT2D eigenvalue weighted by molar-refractivity contribution is 5.51. The second-order valence-corrected chi connectivity index (χ2v) is 6.92. The number of aromatic nitrogens is 2. The molecule has 104 valence electrons. The van der Waals surface area contributed by atoms with Crippen molar-refractivity contribution in [3.8, 4) is 0 Å². The second kappa shape index (κ2) is 4.36. The summed E-state index contributed by atoms with van der Waals surface area (Å²) in [4.78, 5) is 11.9. The third-order valence-corrected chi connectivity index (χ3v) is 4.34. The quantitative estimate of drug-likeness (QED) is 0.887. The van der Waals surface area contributed by atoms with Crippen molar-refractivity contribution in [2.45, 2.75) is 51.5 Å². The van der Waals surface area contributed by atoms with Crippen LogP contribution in [-0.2, 0) is 5.41 Å². The summed E-state index contributed by atoms with van der Waals surface area (Å²) in [5.41, 5.74) is -0.0135. The Bertz CT molecular complexity index is 478. The highest BCUT2D eigenvalue weighted by atomic mass is 15.3. The van der Waals surface area contributed by atoms with Gasteiger partial charge in [-0.1, -0.05) is 20.8 Å². The Morgan fingerprint density at radius 3 is 2.58 bits per heavy atom. The van der Waals surface area contributed by atoms with Crippen LogP contribution in [0.25, 0.3) is 0 Å². The molecule has 0 amide bonds. The SMILES string of the molecule is CNc1cc(N2CC3CCC2C3)nc(C(C)(C)C)n1. The van der Waals surface area contributed by atoms with Crippen LogP contribution in [0.2, 0.25) is 0 Å². The monoisotopic (exact) mass is 260 g/mol. The van der Waals surface area contributed by atoms with E-state index in [2.05, 4.69) is 42.0 Å². The summed E-state index contributed by atoms with van der Waals surface area (Å²) in [6.07, 6.45) is 4.08. The summed E-state index contributed by atoms with van der Waals surface area (Å²) >= 11 is 0. The summed E-state index contributed by atoms with van der Waals surface area (Å²) in [6.45, 7) is 7.68. The van der Waals surface area contributed by atoms with E-state index in [4.69, 9.17) is 4.98 Å². The molecule has 2 fully saturated rings. The lowest BCUT2D eigenvalue weighted by Gasteiger charge is -2.29. The average Bonchev–Trinajstić information content (AvgIpc) is 2.99. The fraction of sp³-hybridized carbons (Fsp3) is 0.733. The third kappa shape index (κ3) is 2.28. The van der Waals surface area contributed by atoms with Crippen molar-refractivity contribution in [2.24, 2.45) is 5.92 Å². The molecule has 2 bridgehead atoms. The number of piperidine rings is 1. The molecule has 2 atom stereocenters. The number of hydrogen-bond donors (Lipinski definition) is 1. The van der Waals surface area contributed by atoms with Crippen molar-refractivity contribution in [1.82, 2.24) is 9.97 Å². The number of rotatable bonds is 2. The van der Waals surface area contributed by atoms with E-state index in [0.717, 1.165) is 23.4 Å². The lowest BCUT2D eigenvalue weighted by atomic mass is 9.95. The van der Waals surface area contributed by atoms with Gasteiger partial charge < -0.3 is 10.2 Å². The van der Waals surface area contributed by atoms with Crippen molar-refractivity contribution in [3.63, 3.8) is 0 Å². The van der Waals surface area contributed by atoms with Gasteiger partial charge in [0.2, 0.25) is 0 Å². The van der Waals surface area contributed by atoms with Gasteiger partial charge in [-0.15, -0.1) is 0 Å². The van der Waals surface area contributed by atoms with Crippen LogP contribution in [0, 0.1) is 5.92 Å². The molecule has 2 aliphatic rings. The maximum atomic E-state index is 4.83. The minimum absolute atomic E-state index is 0.0135. The van der Waals surface area contributed by atoms with E-state index < -0.39 is 0 Å². The molecule has 2 unspecified atom stereocenters. The Morgan fingerprint density at radius 1 is 1.26 bits per heavy atom. The predicted octanol–water partition coefficient (Wildman–Crippen LogP) is 2.80. The number of hydrogen-bond acceptors (Lipinski definition) is 4. The van der Waals surface area contributed by atoms with Crippen molar-refractivity contribution in [3.05, 3.63) is 11.9 Å². The molecular formula is C15H24N4. The van der Waals surface area contributed by atoms with E-state index in [9.17, 15) is 0 Å². The van der Waals surface area contributed by atoms with Gasteiger partial charge in [-0.2, -0.15) is 0 Å². The molecule has 1 saturated carbocycles. The van der Waals surface area contributed by atoms with Crippen molar-refractivity contribution in [2.75, 3.05) is 23.8 Å². The normalized spacial score (nSPS) is 26.0. The van der Waals surface area contributed by atoms with Crippen LogP contribution in [0.4, 0.5) is 11.6 Å². The predicted molar refractivity (Wildman–Crippen MR) is 78.8 cm³/mol. The molecule has 3 rings (SSSR count). The van der Waals surface area contributed by atoms with Crippen LogP contribution in [0.15, 0.2) is 6.07 Å². The molecule has 19 heavy (non-hydrogen) atoms. The van der Waals surface area contributed by atoms with Gasteiger partial charge in [0.1, 0.15) is 17.5 Å². The van der Waals surface area contributed by atoms with Crippen LogP contribution in [-0.4, -0.2) is 29.6 Å². The van der Waals surface area contributed by atoms with Crippen molar-refractivity contribution in [1.29, 1.82) is 0 Å². The summed E-state index contributed by atoms with van der Waals surface area (Å²) in [7, 11) is 1.93. The molecular weight excluding hydrogens is 236 g/mol. The lowest BCUT2D eigenvalue weighted by Crippen LogP contribution is -2.33. The molecule has 4 nitrogen and oxygen atoms in total. The molecule has 1 aromatic rings. The number of nitrogens with zero attached hydrogens (tertiary/aromatic N) is 3. The number of fused-ring (bicyclic) bond motifs is 2. The van der Waals surface area contributed by atoms with Gasteiger partial charge in [-0.3, -0.25) is 0 Å². The van der Waals surface area contributed by atoms with Crippen LogP contribution >= 0.6 is 0 Å². The first-order valence-electron chi connectivity index (χ1n) is 7.31. The van der Waals surface area contributed by atoms with Crippen LogP contribution in [0.3, 0.4) is 0 Å². The van der Waals surface area contributed by atoms with Gasteiger partial charge in [0, 0.05) is 31.1 Å². The fourth-order valence-electron chi connectivity index (χ4n) is 3.25. The Morgan fingerprint density at radius 2 is 2.05 bits per heavy atom. The topological polar surface area (TPSA) is 41.0 Å². The first-order valence-corrected chi connectivity index (χ1v) is 7.31. The van der Waals surface area contributed by atoms with E-state index in [1.165, 1.54) is 25.8 Å². The number of anilines is 2. The lowest BCUT2D eigenvalue weighted by molar-refractivity contribution is 0.531. The maximum absolute atomic E-state index is 4.83. The molecule has 1 saturated heterocycles. The second-order valence-electron chi connectivity index (χ2n) is 6.92. The Hall–Kier alpha value is -1.32. The molecule has 1 aliphatic heterocycles. The van der Waals surface area contributed by atoms with Gasteiger partial charge in [0.05, 0.1) is 0 Å². The maximum Gasteiger partial charge on any atom is 0.138 e. The third-order valence-electron chi connectivity index (χ3n) is 4.34. The first-order chi connectivity index (χ1) is 8.97. The molecule has 4 heteroatoms.